The van der Waals surface area contributed by atoms with E-state index in [1.165, 1.54) is 12.8 Å². The molecule has 1 fully saturated rings. The summed E-state index contributed by atoms with van der Waals surface area (Å²) in [6.45, 7) is 4.48. The first-order valence-corrected chi connectivity index (χ1v) is 6.63. The minimum Gasteiger partial charge on any atom is -0.382 e. The van der Waals surface area contributed by atoms with Crippen LogP contribution in [0.2, 0.25) is 0 Å². The van der Waals surface area contributed by atoms with Crippen molar-refractivity contribution in [2.24, 2.45) is 0 Å². The molecule has 1 saturated carbocycles. The van der Waals surface area contributed by atoms with Gasteiger partial charge < -0.3 is 15.0 Å². The van der Waals surface area contributed by atoms with E-state index in [-0.39, 0.29) is 0 Å². The second-order valence-electron chi connectivity index (χ2n) is 4.27. The average Bonchev–Trinajstić information content (AvgIpc) is 3.12. The number of hydrogen-bond acceptors (Lipinski definition) is 4. The molecule has 0 unspecified atom stereocenters. The van der Waals surface area contributed by atoms with Crippen molar-refractivity contribution >= 4 is 18.0 Å². The molecule has 0 aliphatic heterocycles. The number of anilines is 1. The summed E-state index contributed by atoms with van der Waals surface area (Å²) < 4.78 is 5.95. The molecule has 17 heavy (non-hydrogen) atoms. The van der Waals surface area contributed by atoms with Gasteiger partial charge in [0.1, 0.15) is 16.3 Å². The summed E-state index contributed by atoms with van der Waals surface area (Å²) in [5.74, 6) is 2.61. The van der Waals surface area contributed by atoms with Gasteiger partial charge in [0, 0.05) is 31.7 Å². The Morgan fingerprint density at radius 1 is 1.59 bits per heavy atom. The van der Waals surface area contributed by atoms with E-state index in [0.717, 1.165) is 37.8 Å². The first kappa shape index (κ1) is 12.5. The molecular weight excluding hydrogens is 234 g/mol. The summed E-state index contributed by atoms with van der Waals surface area (Å²) in [6, 6.07) is 1.88. The summed E-state index contributed by atoms with van der Waals surface area (Å²) in [5, 5.41) is 3.33. The molecule has 94 valence electrons. The van der Waals surface area contributed by atoms with Crippen LogP contribution in [0.25, 0.3) is 0 Å². The predicted octanol–water partition coefficient (Wildman–Crippen LogP) is 2.86. The fraction of sp³-hybridized carbons (Fsp3) is 0.667. The largest absolute Gasteiger partial charge is 0.382 e. The lowest BCUT2D eigenvalue weighted by atomic mass is 10.4. The fourth-order valence-electron chi connectivity index (χ4n) is 1.66. The van der Waals surface area contributed by atoms with Gasteiger partial charge in [0.05, 0.1) is 0 Å². The minimum atomic E-state index is 0.599. The number of ether oxygens (including phenoxy) is 1. The summed E-state index contributed by atoms with van der Waals surface area (Å²) in [5.41, 5.74) is 0. The zero-order valence-corrected chi connectivity index (χ0v) is 11.0. The Morgan fingerprint density at radius 3 is 3.12 bits per heavy atom. The van der Waals surface area contributed by atoms with Crippen LogP contribution in [-0.2, 0) is 4.74 Å². The molecule has 0 spiro atoms. The van der Waals surface area contributed by atoms with Gasteiger partial charge in [-0.2, -0.15) is 0 Å². The van der Waals surface area contributed by atoms with E-state index >= 15 is 0 Å². The van der Waals surface area contributed by atoms with Gasteiger partial charge in [-0.05, 0) is 26.2 Å². The van der Waals surface area contributed by atoms with Gasteiger partial charge in [0.2, 0.25) is 0 Å². The molecule has 1 aromatic heterocycles. The second-order valence-corrected chi connectivity index (χ2v) is 4.69. The maximum absolute atomic E-state index is 5.28. The first-order chi connectivity index (χ1) is 8.29. The quantitative estimate of drug-likeness (QED) is 0.579. The number of nitrogens with one attached hydrogen (secondary N) is 2. The Morgan fingerprint density at radius 2 is 2.41 bits per heavy atom. The number of H-pyrrole nitrogens is 1. The van der Waals surface area contributed by atoms with Crippen LogP contribution in [-0.4, -0.2) is 29.7 Å². The lowest BCUT2D eigenvalue weighted by Crippen LogP contribution is -2.08. The number of aromatic nitrogens is 2. The highest BCUT2D eigenvalue weighted by Gasteiger charge is 2.25. The maximum Gasteiger partial charge on any atom is 0.131 e. The highest BCUT2D eigenvalue weighted by molar-refractivity contribution is 7.71. The van der Waals surface area contributed by atoms with Crippen LogP contribution in [0.1, 0.15) is 37.9 Å². The van der Waals surface area contributed by atoms with Crippen molar-refractivity contribution in [3.63, 3.8) is 0 Å². The normalized spacial score (nSPS) is 14.9. The van der Waals surface area contributed by atoms with Crippen LogP contribution in [0.5, 0.6) is 0 Å². The molecule has 2 rings (SSSR count). The van der Waals surface area contributed by atoms with E-state index in [1.54, 1.807) is 0 Å². The lowest BCUT2D eigenvalue weighted by Gasteiger charge is -2.08. The number of nitrogens with zero attached hydrogens (tertiary/aromatic N) is 1. The standard InChI is InChI=1S/C12H19N3OS/c1-2-16-7-3-6-13-10-8-11(17)15-12(14-10)9-4-5-9/h8-9H,2-7H2,1H3,(H2,13,14,15,17). The predicted molar refractivity (Wildman–Crippen MR) is 71.0 cm³/mol. The van der Waals surface area contributed by atoms with Crippen LogP contribution in [0.15, 0.2) is 6.07 Å². The zero-order chi connectivity index (χ0) is 12.1. The van der Waals surface area contributed by atoms with E-state index in [2.05, 4.69) is 15.3 Å². The number of aromatic amines is 1. The van der Waals surface area contributed by atoms with Gasteiger partial charge in [0.25, 0.3) is 0 Å². The van der Waals surface area contributed by atoms with Crippen molar-refractivity contribution in [1.82, 2.24) is 9.97 Å². The molecule has 1 aliphatic rings. The topological polar surface area (TPSA) is 49.9 Å². The van der Waals surface area contributed by atoms with Gasteiger partial charge in [-0.15, -0.1) is 0 Å². The third-order valence-corrected chi connectivity index (χ3v) is 2.92. The molecule has 1 aromatic rings. The molecule has 0 atom stereocenters. The molecule has 1 aliphatic carbocycles. The van der Waals surface area contributed by atoms with Crippen LogP contribution in [0.4, 0.5) is 5.82 Å². The van der Waals surface area contributed by atoms with E-state index in [9.17, 15) is 0 Å². The number of rotatable bonds is 7. The van der Waals surface area contributed by atoms with E-state index in [0.29, 0.717) is 10.6 Å². The molecule has 2 N–H and O–H groups in total. The van der Waals surface area contributed by atoms with Crippen molar-refractivity contribution in [2.45, 2.75) is 32.1 Å². The van der Waals surface area contributed by atoms with E-state index in [4.69, 9.17) is 17.0 Å². The highest BCUT2D eigenvalue weighted by Crippen LogP contribution is 2.38. The molecule has 0 aromatic carbocycles. The summed E-state index contributed by atoms with van der Waals surface area (Å²) in [4.78, 5) is 7.66. The monoisotopic (exact) mass is 253 g/mol. The number of hydrogen-bond donors (Lipinski definition) is 2. The SMILES string of the molecule is CCOCCCNc1cc(=S)nc(C2CC2)[nH]1. The van der Waals surface area contributed by atoms with Crippen molar-refractivity contribution in [3.8, 4) is 0 Å². The van der Waals surface area contributed by atoms with Gasteiger partial charge in [-0.3, -0.25) is 0 Å². The van der Waals surface area contributed by atoms with Gasteiger partial charge >= 0.3 is 0 Å². The van der Waals surface area contributed by atoms with E-state index < -0.39 is 0 Å². The Bertz CT molecular complexity index is 414. The maximum atomic E-state index is 5.28. The molecular formula is C12H19N3OS. The second kappa shape index (κ2) is 6.12. The Kier molecular flexibility index (Phi) is 4.50. The average molecular weight is 253 g/mol. The van der Waals surface area contributed by atoms with Crippen LogP contribution < -0.4 is 5.32 Å². The van der Waals surface area contributed by atoms with Gasteiger partial charge in [-0.25, -0.2) is 4.98 Å². The van der Waals surface area contributed by atoms with Crippen molar-refractivity contribution in [3.05, 3.63) is 16.5 Å². The molecule has 0 amide bonds. The van der Waals surface area contributed by atoms with Crippen molar-refractivity contribution < 1.29 is 4.74 Å². The third-order valence-electron chi connectivity index (χ3n) is 2.71. The Balaban J connectivity index is 1.85. The molecule has 1 heterocycles. The van der Waals surface area contributed by atoms with Gasteiger partial charge in [-0.1, -0.05) is 12.2 Å². The third kappa shape index (κ3) is 4.09. The summed E-state index contributed by atoms with van der Waals surface area (Å²) >= 11 is 5.16. The molecule has 0 saturated heterocycles. The Hall–Kier alpha value is -0.940. The minimum absolute atomic E-state index is 0.599. The summed E-state index contributed by atoms with van der Waals surface area (Å²) in [7, 11) is 0. The highest BCUT2D eigenvalue weighted by atomic mass is 32.1. The fourth-order valence-corrected chi connectivity index (χ4v) is 1.88. The molecule has 5 heteroatoms. The molecule has 0 radical (unpaired) electrons. The first-order valence-electron chi connectivity index (χ1n) is 6.22. The Labute approximate surface area is 107 Å². The van der Waals surface area contributed by atoms with Crippen LogP contribution in [0.3, 0.4) is 0 Å². The zero-order valence-electron chi connectivity index (χ0n) is 10.2. The lowest BCUT2D eigenvalue weighted by molar-refractivity contribution is 0.147. The van der Waals surface area contributed by atoms with Crippen molar-refractivity contribution in [1.29, 1.82) is 0 Å². The van der Waals surface area contributed by atoms with Crippen molar-refractivity contribution in [2.75, 3.05) is 25.1 Å². The molecule has 0 bridgehead atoms. The van der Waals surface area contributed by atoms with Crippen LogP contribution >= 0.6 is 12.2 Å². The smallest absolute Gasteiger partial charge is 0.131 e. The summed E-state index contributed by atoms with van der Waals surface area (Å²) in [6.07, 6.45) is 3.45. The van der Waals surface area contributed by atoms with E-state index in [1.807, 2.05) is 13.0 Å². The van der Waals surface area contributed by atoms with Crippen LogP contribution in [0, 0.1) is 4.64 Å². The van der Waals surface area contributed by atoms with Gasteiger partial charge in [0.15, 0.2) is 0 Å². The molecule has 4 nitrogen and oxygen atoms in total.